The predicted octanol–water partition coefficient (Wildman–Crippen LogP) is 2.59. The third-order valence-corrected chi connectivity index (χ3v) is 8.49. The summed E-state index contributed by atoms with van der Waals surface area (Å²) in [5.74, 6) is 0.524. The molecule has 0 aromatic heterocycles. The molecule has 2 aliphatic heterocycles. The van der Waals surface area contributed by atoms with E-state index in [1.807, 2.05) is 31.2 Å². The molecule has 1 atom stereocenters. The van der Waals surface area contributed by atoms with Gasteiger partial charge in [0.15, 0.2) is 0 Å². The Labute approximate surface area is 201 Å². The van der Waals surface area contributed by atoms with Crippen molar-refractivity contribution in [1.82, 2.24) is 14.5 Å². The van der Waals surface area contributed by atoms with Gasteiger partial charge < -0.3 is 14.8 Å². The molecule has 2 saturated heterocycles. The molecule has 8 nitrogen and oxygen atoms in total. The van der Waals surface area contributed by atoms with Gasteiger partial charge in [0.1, 0.15) is 5.75 Å². The minimum atomic E-state index is -3.68. The van der Waals surface area contributed by atoms with Gasteiger partial charge in [-0.3, -0.25) is 9.69 Å². The number of nitrogens with zero attached hydrogens (tertiary/aromatic N) is 2. The van der Waals surface area contributed by atoms with Crippen LogP contribution in [-0.2, 0) is 14.8 Å². The molecule has 0 bridgehead atoms. The molecule has 0 saturated carbocycles. The molecule has 1 amide bonds. The summed E-state index contributed by atoms with van der Waals surface area (Å²) in [6, 6.07) is 12.7. The molecular weight excluding hydrogens is 454 g/mol. The van der Waals surface area contributed by atoms with Gasteiger partial charge in [0.2, 0.25) is 10.0 Å². The Balaban J connectivity index is 1.52. The molecular formula is C25H33N3O5S. The average Bonchev–Trinajstić information content (AvgIpc) is 3.40. The van der Waals surface area contributed by atoms with Crippen LogP contribution in [0.4, 0.5) is 0 Å². The summed E-state index contributed by atoms with van der Waals surface area (Å²) in [6.07, 6.45) is 2.28. The van der Waals surface area contributed by atoms with Gasteiger partial charge in [-0.05, 0) is 68.2 Å². The van der Waals surface area contributed by atoms with E-state index in [1.54, 1.807) is 19.2 Å². The maximum atomic E-state index is 13.2. The van der Waals surface area contributed by atoms with Crippen LogP contribution in [0, 0.1) is 6.92 Å². The highest BCUT2D eigenvalue weighted by atomic mass is 32.2. The Hall–Kier alpha value is -2.46. The van der Waals surface area contributed by atoms with Crippen LogP contribution in [0.5, 0.6) is 5.75 Å². The van der Waals surface area contributed by atoms with Crippen LogP contribution in [0.15, 0.2) is 47.4 Å². The van der Waals surface area contributed by atoms with Gasteiger partial charge in [0.25, 0.3) is 5.91 Å². The fourth-order valence-corrected chi connectivity index (χ4v) is 6.00. The maximum absolute atomic E-state index is 13.2. The van der Waals surface area contributed by atoms with E-state index in [0.29, 0.717) is 38.4 Å². The number of carbonyl (C=O) groups is 1. The fraction of sp³-hybridized carbons (Fsp3) is 0.480. The third kappa shape index (κ3) is 5.43. The number of amides is 1. The summed E-state index contributed by atoms with van der Waals surface area (Å²) in [7, 11) is -2.03. The number of carbonyl (C=O) groups excluding carboxylic acids is 1. The lowest BCUT2D eigenvalue weighted by Gasteiger charge is -2.28. The van der Waals surface area contributed by atoms with E-state index in [2.05, 4.69) is 10.2 Å². The molecule has 34 heavy (non-hydrogen) atoms. The van der Waals surface area contributed by atoms with Crippen molar-refractivity contribution >= 4 is 15.9 Å². The standard InChI is InChI=1S/C25H33N3O5S/c1-19-5-10-22(34(30,31)28-13-15-33-16-14-28)17-23(19)25(29)26-18-24(27-11-3-4-12-27)20-6-8-21(32-2)9-7-20/h5-10,17,24H,3-4,11-16,18H2,1-2H3,(H,26,29)/t24-/m0/s1. The van der Waals surface area contributed by atoms with E-state index in [9.17, 15) is 13.2 Å². The van der Waals surface area contributed by atoms with Gasteiger partial charge in [-0.15, -0.1) is 0 Å². The molecule has 0 spiro atoms. The minimum absolute atomic E-state index is 0.0397. The molecule has 0 unspecified atom stereocenters. The summed E-state index contributed by atoms with van der Waals surface area (Å²) >= 11 is 0. The van der Waals surface area contributed by atoms with Crippen LogP contribution >= 0.6 is 0 Å². The zero-order valence-electron chi connectivity index (χ0n) is 19.8. The third-order valence-electron chi connectivity index (χ3n) is 6.60. The van der Waals surface area contributed by atoms with Gasteiger partial charge in [-0.2, -0.15) is 4.31 Å². The van der Waals surface area contributed by atoms with Gasteiger partial charge in [-0.25, -0.2) is 8.42 Å². The minimum Gasteiger partial charge on any atom is -0.497 e. The van der Waals surface area contributed by atoms with Gasteiger partial charge in [0.05, 0.1) is 31.3 Å². The number of ether oxygens (including phenoxy) is 2. The van der Waals surface area contributed by atoms with Crippen molar-refractivity contribution in [1.29, 1.82) is 0 Å². The SMILES string of the molecule is COc1ccc([C@H](CNC(=O)c2cc(S(=O)(=O)N3CCOCC3)ccc2C)N2CCCC2)cc1. The first kappa shape index (κ1) is 24.7. The fourth-order valence-electron chi connectivity index (χ4n) is 4.56. The highest BCUT2D eigenvalue weighted by Gasteiger charge is 2.28. The maximum Gasteiger partial charge on any atom is 0.251 e. The molecule has 2 aliphatic rings. The Bertz CT molecular complexity index is 1090. The molecule has 2 fully saturated rings. The van der Waals surface area contributed by atoms with Crippen molar-refractivity contribution in [2.24, 2.45) is 0 Å². The van der Waals surface area contributed by atoms with Crippen LogP contribution in [0.1, 0.15) is 40.4 Å². The molecule has 2 aromatic carbocycles. The van der Waals surface area contributed by atoms with Crippen molar-refractivity contribution in [2.45, 2.75) is 30.7 Å². The van der Waals surface area contributed by atoms with Crippen molar-refractivity contribution in [3.05, 3.63) is 59.2 Å². The number of nitrogens with one attached hydrogen (secondary N) is 1. The van der Waals surface area contributed by atoms with Crippen molar-refractivity contribution in [2.75, 3.05) is 53.0 Å². The van der Waals surface area contributed by atoms with Crippen molar-refractivity contribution < 1.29 is 22.7 Å². The van der Waals surface area contributed by atoms with Crippen LogP contribution in [0.3, 0.4) is 0 Å². The van der Waals surface area contributed by atoms with E-state index in [1.165, 1.54) is 10.4 Å². The lowest BCUT2D eigenvalue weighted by molar-refractivity contribution is 0.0730. The molecule has 184 valence electrons. The zero-order valence-corrected chi connectivity index (χ0v) is 20.6. The second kappa shape index (κ2) is 10.9. The van der Waals surface area contributed by atoms with Gasteiger partial charge >= 0.3 is 0 Å². The first-order valence-corrected chi connectivity index (χ1v) is 13.2. The topological polar surface area (TPSA) is 88.2 Å². The quantitative estimate of drug-likeness (QED) is 0.616. The highest BCUT2D eigenvalue weighted by Crippen LogP contribution is 2.27. The Morgan fingerprint density at radius 1 is 1.06 bits per heavy atom. The predicted molar refractivity (Wildman–Crippen MR) is 130 cm³/mol. The second-order valence-corrected chi connectivity index (χ2v) is 10.7. The normalized spacial score (nSPS) is 18.5. The summed E-state index contributed by atoms with van der Waals surface area (Å²) in [5, 5.41) is 3.06. The number of benzene rings is 2. The highest BCUT2D eigenvalue weighted by molar-refractivity contribution is 7.89. The van der Waals surface area contributed by atoms with E-state index in [0.717, 1.165) is 42.8 Å². The lowest BCUT2D eigenvalue weighted by Crippen LogP contribution is -2.40. The largest absolute Gasteiger partial charge is 0.497 e. The number of morpholine rings is 1. The van der Waals surface area contributed by atoms with E-state index >= 15 is 0 Å². The van der Waals surface area contributed by atoms with Crippen LogP contribution in [0.2, 0.25) is 0 Å². The van der Waals surface area contributed by atoms with E-state index in [4.69, 9.17) is 9.47 Å². The second-order valence-electron chi connectivity index (χ2n) is 8.74. The molecule has 2 aromatic rings. The number of hydrogen-bond acceptors (Lipinski definition) is 6. The van der Waals surface area contributed by atoms with Crippen molar-refractivity contribution in [3.8, 4) is 5.75 Å². The first-order valence-electron chi connectivity index (χ1n) is 11.7. The van der Waals surface area contributed by atoms with E-state index < -0.39 is 10.0 Å². The number of hydrogen-bond donors (Lipinski definition) is 1. The number of likely N-dealkylation sites (tertiary alicyclic amines) is 1. The van der Waals surface area contributed by atoms with E-state index in [-0.39, 0.29) is 16.8 Å². The Kier molecular flexibility index (Phi) is 7.88. The molecule has 1 N–H and O–H groups in total. The summed E-state index contributed by atoms with van der Waals surface area (Å²) < 4.78 is 38.1. The van der Waals surface area contributed by atoms with Gasteiger partial charge in [0, 0.05) is 25.2 Å². The van der Waals surface area contributed by atoms with Crippen LogP contribution in [-0.4, -0.2) is 76.6 Å². The lowest BCUT2D eigenvalue weighted by atomic mass is 10.0. The van der Waals surface area contributed by atoms with Crippen LogP contribution < -0.4 is 10.1 Å². The smallest absolute Gasteiger partial charge is 0.251 e. The number of aryl methyl sites for hydroxylation is 1. The number of rotatable bonds is 8. The Morgan fingerprint density at radius 3 is 2.38 bits per heavy atom. The molecule has 4 rings (SSSR count). The summed E-state index contributed by atoms with van der Waals surface area (Å²) in [6.45, 7) is 5.61. The average molecular weight is 488 g/mol. The van der Waals surface area contributed by atoms with Crippen LogP contribution in [0.25, 0.3) is 0 Å². The first-order chi connectivity index (χ1) is 16.4. The number of sulfonamides is 1. The van der Waals surface area contributed by atoms with Crippen molar-refractivity contribution in [3.63, 3.8) is 0 Å². The zero-order chi connectivity index (χ0) is 24.1. The van der Waals surface area contributed by atoms with Gasteiger partial charge in [-0.1, -0.05) is 18.2 Å². The summed E-state index contributed by atoms with van der Waals surface area (Å²) in [5.41, 5.74) is 2.23. The molecule has 0 radical (unpaired) electrons. The molecule has 0 aliphatic carbocycles. The Morgan fingerprint density at radius 2 is 1.74 bits per heavy atom. The monoisotopic (exact) mass is 487 g/mol. The number of methoxy groups -OCH3 is 1. The summed E-state index contributed by atoms with van der Waals surface area (Å²) in [4.78, 5) is 15.7. The molecule has 2 heterocycles. The molecule has 9 heteroatoms.